The van der Waals surface area contributed by atoms with E-state index in [9.17, 15) is 4.79 Å². The fraction of sp³-hybridized carbons (Fsp3) is 0.130. The van der Waals surface area contributed by atoms with Crippen LogP contribution >= 0.6 is 0 Å². The van der Waals surface area contributed by atoms with Gasteiger partial charge < -0.3 is 15.0 Å². The van der Waals surface area contributed by atoms with Gasteiger partial charge in [0.15, 0.2) is 5.82 Å². The molecule has 5 rings (SSSR count). The van der Waals surface area contributed by atoms with Crippen LogP contribution in [0.25, 0.3) is 33.2 Å². The Hall–Kier alpha value is -4.20. The van der Waals surface area contributed by atoms with Gasteiger partial charge in [-0.15, -0.1) is 0 Å². The number of fused-ring (bicyclic) bond motifs is 2. The highest BCUT2D eigenvalue weighted by Crippen LogP contribution is 2.30. The molecule has 0 radical (unpaired) electrons. The molecule has 3 aromatic heterocycles. The van der Waals surface area contributed by atoms with Crippen molar-refractivity contribution >= 4 is 27.8 Å². The van der Waals surface area contributed by atoms with Gasteiger partial charge in [0.25, 0.3) is 5.91 Å². The zero-order valence-corrected chi connectivity index (χ0v) is 17.0. The van der Waals surface area contributed by atoms with E-state index in [0.29, 0.717) is 11.4 Å². The van der Waals surface area contributed by atoms with Gasteiger partial charge in [-0.25, -0.2) is 9.97 Å². The summed E-state index contributed by atoms with van der Waals surface area (Å²) in [5.74, 6) is 0.528. The van der Waals surface area contributed by atoms with Crippen LogP contribution in [0.3, 0.4) is 0 Å². The minimum Gasteiger partial charge on any atom is -0.481 e. The lowest BCUT2D eigenvalue weighted by atomic mass is 10.1. The summed E-state index contributed by atoms with van der Waals surface area (Å²) in [6.45, 7) is 1.94. The van der Waals surface area contributed by atoms with Crippen LogP contribution in [0.2, 0.25) is 0 Å². The fourth-order valence-corrected chi connectivity index (χ4v) is 3.61. The first-order valence-electron chi connectivity index (χ1n) is 9.86. The van der Waals surface area contributed by atoms with E-state index in [1.165, 1.54) is 0 Å². The smallest absolute Gasteiger partial charge is 0.287 e. The standard InChI is InChI=1S/C23H20N6O2/c1-13(14-6-4-3-5-7-14)25-23(30)22-26-18-11-16-17(12-19(18)27-22)28-29-21(16)15-8-9-24-20(10-15)31-2/h3-13H,1-2H3,(H,25,30)(H,26,27)(H,28,29). The first kappa shape index (κ1) is 18.8. The number of benzene rings is 2. The van der Waals surface area contributed by atoms with Gasteiger partial charge in [0.1, 0.15) is 5.69 Å². The molecule has 2 aromatic carbocycles. The maximum atomic E-state index is 12.7. The highest BCUT2D eigenvalue weighted by Gasteiger charge is 2.17. The first-order chi connectivity index (χ1) is 15.1. The molecule has 0 aliphatic heterocycles. The molecule has 1 amide bonds. The quantitative estimate of drug-likeness (QED) is 0.404. The van der Waals surface area contributed by atoms with Crippen LogP contribution in [0.15, 0.2) is 60.8 Å². The summed E-state index contributed by atoms with van der Waals surface area (Å²) in [6.07, 6.45) is 1.68. The summed E-state index contributed by atoms with van der Waals surface area (Å²) in [7, 11) is 1.58. The third-order valence-corrected chi connectivity index (χ3v) is 5.24. The molecule has 0 saturated heterocycles. The predicted molar refractivity (Wildman–Crippen MR) is 118 cm³/mol. The van der Waals surface area contributed by atoms with Crippen molar-refractivity contribution in [3.8, 4) is 17.1 Å². The molecule has 0 aliphatic carbocycles. The van der Waals surface area contributed by atoms with Crippen LogP contribution in [0.5, 0.6) is 5.88 Å². The number of nitrogens with zero attached hydrogens (tertiary/aromatic N) is 3. The number of H-pyrrole nitrogens is 2. The molecule has 8 nitrogen and oxygen atoms in total. The number of carbonyl (C=O) groups excluding carboxylic acids is 1. The molecule has 1 atom stereocenters. The second kappa shape index (κ2) is 7.56. The van der Waals surface area contributed by atoms with Gasteiger partial charge in [-0.3, -0.25) is 9.89 Å². The number of hydrogen-bond donors (Lipinski definition) is 3. The Morgan fingerprint density at radius 3 is 2.74 bits per heavy atom. The van der Waals surface area contributed by atoms with Crippen LogP contribution in [-0.4, -0.2) is 38.2 Å². The van der Waals surface area contributed by atoms with Gasteiger partial charge in [-0.05, 0) is 30.7 Å². The maximum absolute atomic E-state index is 12.7. The Labute approximate surface area is 177 Å². The van der Waals surface area contributed by atoms with Gasteiger partial charge >= 0.3 is 0 Å². The molecule has 5 aromatic rings. The third kappa shape index (κ3) is 3.48. The fourth-order valence-electron chi connectivity index (χ4n) is 3.61. The van der Waals surface area contributed by atoms with Crippen molar-refractivity contribution in [1.29, 1.82) is 0 Å². The molecule has 0 bridgehead atoms. The monoisotopic (exact) mass is 412 g/mol. The third-order valence-electron chi connectivity index (χ3n) is 5.24. The van der Waals surface area contributed by atoms with E-state index in [0.717, 1.165) is 33.2 Å². The van der Waals surface area contributed by atoms with E-state index in [-0.39, 0.29) is 17.8 Å². The summed E-state index contributed by atoms with van der Waals surface area (Å²) in [5.41, 5.74) is 4.96. The van der Waals surface area contributed by atoms with Gasteiger partial charge in [-0.2, -0.15) is 5.10 Å². The van der Waals surface area contributed by atoms with Gasteiger partial charge in [0, 0.05) is 23.2 Å². The van der Waals surface area contributed by atoms with E-state index in [2.05, 4.69) is 30.5 Å². The second-order valence-electron chi connectivity index (χ2n) is 7.27. The summed E-state index contributed by atoms with van der Waals surface area (Å²) >= 11 is 0. The highest BCUT2D eigenvalue weighted by molar-refractivity contribution is 6.02. The van der Waals surface area contributed by atoms with E-state index in [1.54, 1.807) is 13.3 Å². The average molecular weight is 412 g/mol. The molecule has 8 heteroatoms. The Bertz CT molecular complexity index is 1390. The number of methoxy groups -OCH3 is 1. The summed E-state index contributed by atoms with van der Waals surface area (Å²) in [6, 6.07) is 17.2. The Kier molecular flexibility index (Phi) is 4.59. The number of amides is 1. The zero-order valence-electron chi connectivity index (χ0n) is 17.0. The van der Waals surface area contributed by atoms with Gasteiger partial charge in [0.2, 0.25) is 5.88 Å². The van der Waals surface area contributed by atoms with E-state index >= 15 is 0 Å². The molecule has 0 fully saturated rings. The summed E-state index contributed by atoms with van der Waals surface area (Å²) < 4.78 is 5.22. The number of aromatic nitrogens is 5. The van der Waals surface area contributed by atoms with Gasteiger partial charge in [0.05, 0.1) is 29.7 Å². The van der Waals surface area contributed by atoms with Gasteiger partial charge in [-0.1, -0.05) is 30.3 Å². The van der Waals surface area contributed by atoms with Crippen molar-refractivity contribution in [2.75, 3.05) is 7.11 Å². The molecular formula is C23H20N6O2. The van der Waals surface area contributed by atoms with Crippen LogP contribution < -0.4 is 10.1 Å². The number of rotatable bonds is 5. The lowest BCUT2D eigenvalue weighted by Crippen LogP contribution is -2.27. The van der Waals surface area contributed by atoms with Crippen molar-refractivity contribution in [2.24, 2.45) is 0 Å². The minimum atomic E-state index is -0.256. The van der Waals surface area contributed by atoms with E-state index < -0.39 is 0 Å². The second-order valence-corrected chi connectivity index (χ2v) is 7.27. The lowest BCUT2D eigenvalue weighted by molar-refractivity contribution is 0.0930. The summed E-state index contributed by atoms with van der Waals surface area (Å²) in [4.78, 5) is 24.5. The lowest BCUT2D eigenvalue weighted by Gasteiger charge is -2.12. The molecule has 31 heavy (non-hydrogen) atoms. The Morgan fingerprint density at radius 1 is 1.10 bits per heavy atom. The number of ether oxygens (including phenoxy) is 1. The normalized spacial score (nSPS) is 12.2. The van der Waals surface area contributed by atoms with Crippen molar-refractivity contribution in [2.45, 2.75) is 13.0 Å². The molecule has 0 spiro atoms. The molecule has 1 unspecified atom stereocenters. The van der Waals surface area contributed by atoms with E-state index in [1.807, 2.05) is 61.5 Å². The SMILES string of the molecule is COc1cc(-c2n[nH]c3cc4[nH]c(C(=O)NC(C)c5ccccc5)nc4cc23)ccn1. The van der Waals surface area contributed by atoms with Crippen LogP contribution in [0.1, 0.15) is 29.1 Å². The molecule has 0 saturated carbocycles. The maximum Gasteiger partial charge on any atom is 0.287 e. The molecule has 3 heterocycles. The zero-order chi connectivity index (χ0) is 21.4. The number of pyridine rings is 1. The molecule has 154 valence electrons. The number of imidazole rings is 1. The van der Waals surface area contributed by atoms with Crippen molar-refractivity contribution < 1.29 is 9.53 Å². The molecule has 3 N–H and O–H groups in total. The number of carbonyl (C=O) groups is 1. The van der Waals surface area contributed by atoms with Crippen molar-refractivity contribution in [3.05, 3.63) is 72.2 Å². The average Bonchev–Trinajstić information content (AvgIpc) is 3.41. The number of hydrogen-bond acceptors (Lipinski definition) is 5. The van der Waals surface area contributed by atoms with Crippen LogP contribution in [0, 0.1) is 0 Å². The largest absolute Gasteiger partial charge is 0.481 e. The van der Waals surface area contributed by atoms with E-state index in [4.69, 9.17) is 4.74 Å². The Morgan fingerprint density at radius 2 is 1.94 bits per heavy atom. The minimum absolute atomic E-state index is 0.131. The molecule has 0 aliphatic rings. The van der Waals surface area contributed by atoms with Crippen LogP contribution in [-0.2, 0) is 0 Å². The van der Waals surface area contributed by atoms with Crippen molar-refractivity contribution in [3.63, 3.8) is 0 Å². The summed E-state index contributed by atoms with van der Waals surface area (Å²) in [5, 5.41) is 11.4. The van der Waals surface area contributed by atoms with Crippen LogP contribution in [0.4, 0.5) is 0 Å². The highest BCUT2D eigenvalue weighted by atomic mass is 16.5. The Balaban J connectivity index is 1.48. The number of aromatic amines is 2. The molecular weight excluding hydrogens is 392 g/mol. The predicted octanol–water partition coefficient (Wildman–Crippen LogP) is 4.00. The topological polar surface area (TPSA) is 109 Å². The van der Waals surface area contributed by atoms with Crippen molar-refractivity contribution in [1.82, 2.24) is 30.5 Å². The first-order valence-corrected chi connectivity index (χ1v) is 9.86. The number of nitrogens with one attached hydrogen (secondary N) is 3.